The minimum Gasteiger partial charge on any atom is -0.477 e. The number of ether oxygens (including phenoxy) is 2. The summed E-state index contributed by atoms with van der Waals surface area (Å²) >= 11 is 0. The number of aromatic nitrogens is 2. The van der Waals surface area contributed by atoms with Gasteiger partial charge < -0.3 is 14.9 Å². The number of nitrogens with zero attached hydrogens (tertiary/aromatic N) is 2. The van der Waals surface area contributed by atoms with Crippen molar-refractivity contribution in [2.45, 2.75) is 26.2 Å². The lowest BCUT2D eigenvalue weighted by atomic mass is 10.1. The standard InChI is InChI=1S/C12H20N4O2/c1-2-3-10-11(16-13)14-8-15-12(10)18-7-9-4-5-17-6-9/h8-9H,2-7,13H2,1H3,(H,14,15,16). The smallest absolute Gasteiger partial charge is 0.221 e. The van der Waals surface area contributed by atoms with Gasteiger partial charge in [-0.25, -0.2) is 15.8 Å². The van der Waals surface area contributed by atoms with Crippen LogP contribution in [-0.2, 0) is 11.2 Å². The summed E-state index contributed by atoms with van der Waals surface area (Å²) in [5.41, 5.74) is 3.54. The number of hydrogen-bond acceptors (Lipinski definition) is 6. The molecule has 1 aliphatic heterocycles. The molecule has 3 N–H and O–H groups in total. The SMILES string of the molecule is CCCc1c(NN)ncnc1OCC1CCOC1. The summed E-state index contributed by atoms with van der Waals surface area (Å²) in [4.78, 5) is 8.30. The maximum absolute atomic E-state index is 5.79. The van der Waals surface area contributed by atoms with Gasteiger partial charge in [0.05, 0.1) is 18.8 Å². The molecule has 6 heteroatoms. The van der Waals surface area contributed by atoms with E-state index >= 15 is 0 Å². The van der Waals surface area contributed by atoms with E-state index < -0.39 is 0 Å². The number of hydrogen-bond donors (Lipinski definition) is 2. The Kier molecular flexibility index (Phi) is 4.72. The predicted octanol–water partition coefficient (Wildman–Crippen LogP) is 1.13. The lowest BCUT2D eigenvalue weighted by Gasteiger charge is -2.14. The van der Waals surface area contributed by atoms with Crippen molar-refractivity contribution in [2.75, 3.05) is 25.2 Å². The highest BCUT2D eigenvalue weighted by Gasteiger charge is 2.18. The van der Waals surface area contributed by atoms with E-state index in [1.807, 2.05) is 0 Å². The van der Waals surface area contributed by atoms with Gasteiger partial charge >= 0.3 is 0 Å². The number of nitrogens with two attached hydrogens (primary N) is 1. The topological polar surface area (TPSA) is 82.3 Å². The van der Waals surface area contributed by atoms with E-state index in [-0.39, 0.29) is 0 Å². The molecule has 1 fully saturated rings. The zero-order valence-electron chi connectivity index (χ0n) is 10.7. The molecule has 0 aliphatic carbocycles. The summed E-state index contributed by atoms with van der Waals surface area (Å²) in [6.07, 6.45) is 4.35. The first-order chi connectivity index (χ1) is 8.85. The van der Waals surface area contributed by atoms with Crippen LogP contribution in [0.15, 0.2) is 6.33 Å². The molecule has 1 aromatic rings. The molecule has 0 aromatic carbocycles. The van der Waals surface area contributed by atoms with Gasteiger partial charge in [0.15, 0.2) is 0 Å². The first kappa shape index (κ1) is 13.0. The van der Waals surface area contributed by atoms with Crippen LogP contribution in [-0.4, -0.2) is 29.8 Å². The van der Waals surface area contributed by atoms with Gasteiger partial charge in [-0.15, -0.1) is 0 Å². The fourth-order valence-corrected chi connectivity index (χ4v) is 2.03. The van der Waals surface area contributed by atoms with Crippen molar-refractivity contribution < 1.29 is 9.47 Å². The molecule has 0 saturated carbocycles. The van der Waals surface area contributed by atoms with Crippen LogP contribution >= 0.6 is 0 Å². The van der Waals surface area contributed by atoms with Gasteiger partial charge in [0.25, 0.3) is 0 Å². The van der Waals surface area contributed by atoms with Crippen molar-refractivity contribution in [3.63, 3.8) is 0 Å². The van der Waals surface area contributed by atoms with Crippen molar-refractivity contribution in [3.8, 4) is 5.88 Å². The van der Waals surface area contributed by atoms with E-state index in [2.05, 4.69) is 22.3 Å². The highest BCUT2D eigenvalue weighted by molar-refractivity contribution is 5.47. The minimum absolute atomic E-state index is 0.462. The number of nitrogens with one attached hydrogen (secondary N) is 1. The fraction of sp³-hybridized carbons (Fsp3) is 0.667. The summed E-state index contributed by atoms with van der Waals surface area (Å²) in [5.74, 6) is 7.19. The molecule has 2 rings (SSSR count). The van der Waals surface area contributed by atoms with Crippen LogP contribution in [0.2, 0.25) is 0 Å². The predicted molar refractivity (Wildman–Crippen MR) is 68.3 cm³/mol. The molecule has 0 spiro atoms. The fourth-order valence-electron chi connectivity index (χ4n) is 2.03. The molecule has 100 valence electrons. The van der Waals surface area contributed by atoms with Gasteiger partial charge in [0, 0.05) is 12.5 Å². The van der Waals surface area contributed by atoms with Crippen LogP contribution in [0.1, 0.15) is 25.3 Å². The van der Waals surface area contributed by atoms with Crippen LogP contribution in [0, 0.1) is 5.92 Å². The molecule has 1 atom stereocenters. The largest absolute Gasteiger partial charge is 0.477 e. The van der Waals surface area contributed by atoms with Crippen LogP contribution in [0.5, 0.6) is 5.88 Å². The molecule has 2 heterocycles. The van der Waals surface area contributed by atoms with Crippen molar-refractivity contribution >= 4 is 5.82 Å². The third kappa shape index (κ3) is 3.08. The number of hydrazine groups is 1. The molecular formula is C12H20N4O2. The molecule has 1 aliphatic rings. The highest BCUT2D eigenvalue weighted by Crippen LogP contribution is 2.24. The van der Waals surface area contributed by atoms with Crippen molar-refractivity contribution in [1.82, 2.24) is 9.97 Å². The Bertz CT molecular complexity index is 380. The lowest BCUT2D eigenvalue weighted by Crippen LogP contribution is -2.16. The van der Waals surface area contributed by atoms with E-state index in [0.717, 1.165) is 38.0 Å². The maximum Gasteiger partial charge on any atom is 0.221 e. The highest BCUT2D eigenvalue weighted by atomic mass is 16.5. The quantitative estimate of drug-likeness (QED) is 0.583. The Morgan fingerprint density at radius 3 is 3.11 bits per heavy atom. The van der Waals surface area contributed by atoms with E-state index in [4.69, 9.17) is 15.3 Å². The summed E-state index contributed by atoms with van der Waals surface area (Å²) in [6, 6.07) is 0. The second kappa shape index (κ2) is 6.51. The Morgan fingerprint density at radius 1 is 1.56 bits per heavy atom. The van der Waals surface area contributed by atoms with Gasteiger partial charge in [0.2, 0.25) is 5.88 Å². The molecule has 1 unspecified atom stereocenters. The van der Waals surface area contributed by atoms with Gasteiger partial charge in [0.1, 0.15) is 12.1 Å². The molecule has 18 heavy (non-hydrogen) atoms. The Hall–Kier alpha value is -1.40. The summed E-state index contributed by atoms with van der Waals surface area (Å²) in [5, 5.41) is 0. The van der Waals surface area contributed by atoms with Gasteiger partial charge in [-0.2, -0.15) is 0 Å². The van der Waals surface area contributed by atoms with Crippen LogP contribution in [0.4, 0.5) is 5.82 Å². The van der Waals surface area contributed by atoms with Crippen molar-refractivity contribution in [2.24, 2.45) is 11.8 Å². The van der Waals surface area contributed by atoms with Gasteiger partial charge in [-0.1, -0.05) is 13.3 Å². The Morgan fingerprint density at radius 2 is 2.44 bits per heavy atom. The maximum atomic E-state index is 5.79. The van der Waals surface area contributed by atoms with Crippen LogP contribution in [0.25, 0.3) is 0 Å². The lowest BCUT2D eigenvalue weighted by molar-refractivity contribution is 0.165. The molecule has 1 saturated heterocycles. The second-order valence-electron chi connectivity index (χ2n) is 4.44. The van der Waals surface area contributed by atoms with E-state index in [1.54, 1.807) is 0 Å². The molecule has 0 amide bonds. The monoisotopic (exact) mass is 252 g/mol. The van der Waals surface area contributed by atoms with Crippen LogP contribution < -0.4 is 16.0 Å². The van der Waals surface area contributed by atoms with Crippen LogP contribution in [0.3, 0.4) is 0 Å². The average molecular weight is 252 g/mol. The minimum atomic E-state index is 0.462. The molecule has 0 radical (unpaired) electrons. The zero-order valence-corrected chi connectivity index (χ0v) is 10.7. The van der Waals surface area contributed by atoms with E-state index in [9.17, 15) is 0 Å². The van der Waals surface area contributed by atoms with E-state index in [1.165, 1.54) is 6.33 Å². The third-order valence-electron chi connectivity index (χ3n) is 3.02. The number of anilines is 1. The summed E-state index contributed by atoms with van der Waals surface area (Å²) < 4.78 is 11.1. The first-order valence-corrected chi connectivity index (χ1v) is 6.36. The van der Waals surface area contributed by atoms with Crippen molar-refractivity contribution in [3.05, 3.63) is 11.9 Å². The Labute approximate surface area is 107 Å². The van der Waals surface area contributed by atoms with Gasteiger partial charge in [-0.3, -0.25) is 0 Å². The average Bonchev–Trinajstić information content (AvgIpc) is 2.91. The summed E-state index contributed by atoms with van der Waals surface area (Å²) in [6.45, 7) is 4.34. The number of rotatable bonds is 6. The summed E-state index contributed by atoms with van der Waals surface area (Å²) in [7, 11) is 0. The molecule has 0 bridgehead atoms. The molecule has 1 aromatic heterocycles. The zero-order chi connectivity index (χ0) is 12.8. The normalized spacial score (nSPS) is 18.9. The first-order valence-electron chi connectivity index (χ1n) is 6.36. The molecular weight excluding hydrogens is 232 g/mol. The second-order valence-corrected chi connectivity index (χ2v) is 4.44. The van der Waals surface area contributed by atoms with E-state index in [0.29, 0.717) is 24.2 Å². The number of nitrogen functional groups attached to an aromatic ring is 1. The van der Waals surface area contributed by atoms with Crippen molar-refractivity contribution in [1.29, 1.82) is 0 Å². The molecule has 6 nitrogen and oxygen atoms in total. The Balaban J connectivity index is 2.05. The van der Waals surface area contributed by atoms with Gasteiger partial charge in [-0.05, 0) is 12.8 Å². The third-order valence-corrected chi connectivity index (χ3v) is 3.02.